The molecule has 2 N–H and O–H groups in total. The van der Waals surface area contributed by atoms with Gasteiger partial charge in [0, 0.05) is 18.8 Å². The third-order valence-electron chi connectivity index (χ3n) is 4.76. The van der Waals surface area contributed by atoms with E-state index in [4.69, 9.17) is 5.73 Å². The van der Waals surface area contributed by atoms with Crippen LogP contribution in [0.4, 0.5) is 10.1 Å². The number of nitrogens with two attached hydrogens (primary N) is 1. The zero-order valence-corrected chi connectivity index (χ0v) is 13.6. The van der Waals surface area contributed by atoms with Gasteiger partial charge in [0.25, 0.3) is 0 Å². The van der Waals surface area contributed by atoms with E-state index in [9.17, 15) is 12.8 Å². The largest absolute Gasteiger partial charge is 0.399 e. The Hall–Kier alpha value is -1.14. The highest BCUT2D eigenvalue weighted by Gasteiger charge is 2.41. The van der Waals surface area contributed by atoms with E-state index < -0.39 is 15.8 Å². The van der Waals surface area contributed by atoms with Gasteiger partial charge in [0.2, 0.25) is 10.0 Å². The number of hydrogen-bond acceptors (Lipinski definition) is 3. The molecule has 0 unspecified atom stereocenters. The Kier molecular flexibility index (Phi) is 4.31. The Morgan fingerprint density at radius 3 is 2.48 bits per heavy atom. The maximum atomic E-state index is 14.2. The van der Waals surface area contributed by atoms with Crippen molar-refractivity contribution in [2.24, 2.45) is 5.41 Å². The van der Waals surface area contributed by atoms with Crippen molar-refractivity contribution in [1.29, 1.82) is 0 Å². The first-order valence-electron chi connectivity index (χ1n) is 7.31. The number of rotatable bonds is 4. The molecule has 1 aromatic rings. The molecule has 0 bridgehead atoms. The van der Waals surface area contributed by atoms with Crippen LogP contribution in [0, 0.1) is 18.2 Å². The fourth-order valence-electron chi connectivity index (χ4n) is 3.02. The summed E-state index contributed by atoms with van der Waals surface area (Å²) in [5, 5.41) is 0. The molecule has 1 saturated heterocycles. The predicted octanol–water partition coefficient (Wildman–Crippen LogP) is 2.92. The van der Waals surface area contributed by atoms with Crippen molar-refractivity contribution in [3.8, 4) is 0 Å². The van der Waals surface area contributed by atoms with Gasteiger partial charge in [0.05, 0.1) is 0 Å². The Labute approximate surface area is 126 Å². The van der Waals surface area contributed by atoms with Gasteiger partial charge in [0.15, 0.2) is 0 Å². The minimum Gasteiger partial charge on any atom is -0.399 e. The number of sulfonamides is 1. The zero-order valence-electron chi connectivity index (χ0n) is 12.8. The van der Waals surface area contributed by atoms with Crippen LogP contribution in [0.5, 0.6) is 0 Å². The van der Waals surface area contributed by atoms with Gasteiger partial charge in [0.1, 0.15) is 10.7 Å². The van der Waals surface area contributed by atoms with E-state index in [0.29, 0.717) is 13.1 Å². The Bertz CT molecular complexity index is 639. The molecule has 0 saturated carbocycles. The normalized spacial score (nSPS) is 19.0. The third-order valence-corrected chi connectivity index (χ3v) is 6.61. The van der Waals surface area contributed by atoms with Crippen molar-refractivity contribution in [2.75, 3.05) is 18.8 Å². The summed E-state index contributed by atoms with van der Waals surface area (Å²) in [5.74, 6) is -0.699. The van der Waals surface area contributed by atoms with Crippen LogP contribution in [-0.4, -0.2) is 25.8 Å². The number of benzene rings is 1. The minimum absolute atomic E-state index is 0.0128. The first-order valence-corrected chi connectivity index (χ1v) is 8.75. The van der Waals surface area contributed by atoms with Crippen molar-refractivity contribution in [3.05, 3.63) is 23.5 Å². The summed E-state index contributed by atoms with van der Waals surface area (Å²) in [6, 6.07) is 2.66. The van der Waals surface area contributed by atoms with Gasteiger partial charge in [-0.1, -0.05) is 13.8 Å². The molecule has 21 heavy (non-hydrogen) atoms. The quantitative estimate of drug-likeness (QED) is 0.869. The van der Waals surface area contributed by atoms with Crippen molar-refractivity contribution >= 4 is 15.7 Å². The average Bonchev–Trinajstić information content (AvgIpc) is 2.88. The van der Waals surface area contributed by atoms with Crippen molar-refractivity contribution in [2.45, 2.75) is 44.9 Å². The van der Waals surface area contributed by atoms with Crippen LogP contribution in [0.3, 0.4) is 0 Å². The molecule has 1 heterocycles. The molecule has 2 rings (SSSR count). The molecule has 1 aromatic carbocycles. The van der Waals surface area contributed by atoms with Crippen LogP contribution in [-0.2, 0) is 10.0 Å². The number of aryl methyl sites for hydroxylation is 1. The van der Waals surface area contributed by atoms with Crippen LogP contribution in [0.15, 0.2) is 17.0 Å². The molecule has 6 heteroatoms. The summed E-state index contributed by atoms with van der Waals surface area (Å²) < 4.78 is 41.0. The number of anilines is 1. The molecule has 0 amide bonds. The van der Waals surface area contributed by atoms with Gasteiger partial charge in [-0.05, 0) is 49.3 Å². The highest BCUT2D eigenvalue weighted by molar-refractivity contribution is 7.89. The lowest BCUT2D eigenvalue weighted by Gasteiger charge is -2.26. The van der Waals surface area contributed by atoms with Gasteiger partial charge < -0.3 is 5.73 Å². The SMILES string of the molecule is CCC1(CC)CCN(S(=O)(=O)c2cc(N)cc(C)c2F)C1. The van der Waals surface area contributed by atoms with Crippen LogP contribution < -0.4 is 5.73 Å². The van der Waals surface area contributed by atoms with E-state index in [1.807, 2.05) is 0 Å². The van der Waals surface area contributed by atoms with Gasteiger partial charge in [-0.15, -0.1) is 0 Å². The first-order chi connectivity index (χ1) is 9.75. The Morgan fingerprint density at radius 2 is 1.95 bits per heavy atom. The molecule has 1 aliphatic rings. The second-order valence-electron chi connectivity index (χ2n) is 5.95. The van der Waals surface area contributed by atoms with Gasteiger partial charge in [-0.3, -0.25) is 0 Å². The number of hydrogen-bond donors (Lipinski definition) is 1. The average molecular weight is 314 g/mol. The van der Waals surface area contributed by atoms with Crippen LogP contribution in [0.2, 0.25) is 0 Å². The molecule has 4 nitrogen and oxygen atoms in total. The topological polar surface area (TPSA) is 63.4 Å². The maximum absolute atomic E-state index is 14.2. The third kappa shape index (κ3) is 2.79. The van der Waals surface area contributed by atoms with E-state index in [1.54, 1.807) is 0 Å². The van der Waals surface area contributed by atoms with Gasteiger partial charge >= 0.3 is 0 Å². The van der Waals surface area contributed by atoms with Crippen molar-refractivity contribution in [1.82, 2.24) is 4.31 Å². The number of halogens is 1. The number of nitrogen functional groups attached to an aromatic ring is 1. The van der Waals surface area contributed by atoms with E-state index in [2.05, 4.69) is 13.8 Å². The summed E-state index contributed by atoms with van der Waals surface area (Å²) in [4.78, 5) is -0.303. The fourth-order valence-corrected chi connectivity index (χ4v) is 4.74. The van der Waals surface area contributed by atoms with E-state index in [0.717, 1.165) is 19.3 Å². The van der Waals surface area contributed by atoms with Crippen LogP contribution in [0.1, 0.15) is 38.7 Å². The Balaban J connectivity index is 2.41. The fraction of sp³-hybridized carbons (Fsp3) is 0.600. The lowest BCUT2D eigenvalue weighted by molar-refractivity contribution is 0.279. The van der Waals surface area contributed by atoms with Crippen LogP contribution >= 0.6 is 0 Å². The highest BCUT2D eigenvalue weighted by Crippen LogP contribution is 2.39. The lowest BCUT2D eigenvalue weighted by atomic mass is 9.82. The molecule has 0 aliphatic carbocycles. The minimum atomic E-state index is -3.83. The van der Waals surface area contributed by atoms with Gasteiger partial charge in [-0.2, -0.15) is 4.31 Å². The van der Waals surface area contributed by atoms with Crippen molar-refractivity contribution in [3.63, 3.8) is 0 Å². The first kappa shape index (κ1) is 16.2. The molecule has 1 fully saturated rings. The zero-order chi connectivity index (χ0) is 15.8. The maximum Gasteiger partial charge on any atom is 0.246 e. The summed E-state index contributed by atoms with van der Waals surface area (Å²) in [6.07, 6.45) is 2.67. The summed E-state index contributed by atoms with van der Waals surface area (Å²) in [7, 11) is -3.83. The molecule has 0 radical (unpaired) electrons. The van der Waals surface area contributed by atoms with Gasteiger partial charge in [-0.25, -0.2) is 12.8 Å². The lowest BCUT2D eigenvalue weighted by Crippen LogP contribution is -2.32. The molecule has 0 atom stereocenters. The van der Waals surface area contributed by atoms with Crippen LogP contribution in [0.25, 0.3) is 0 Å². The summed E-state index contributed by atoms with van der Waals surface area (Å²) >= 11 is 0. The second-order valence-corrected chi connectivity index (χ2v) is 7.85. The smallest absolute Gasteiger partial charge is 0.246 e. The molecular formula is C15H23FN2O2S. The summed E-state index contributed by atoms with van der Waals surface area (Å²) in [6.45, 7) is 6.57. The predicted molar refractivity (Wildman–Crippen MR) is 81.9 cm³/mol. The van der Waals surface area contributed by atoms with E-state index >= 15 is 0 Å². The monoisotopic (exact) mass is 314 g/mol. The van der Waals surface area contributed by atoms with Crippen molar-refractivity contribution < 1.29 is 12.8 Å². The summed E-state index contributed by atoms with van der Waals surface area (Å²) in [5.41, 5.74) is 6.21. The number of nitrogens with zero attached hydrogens (tertiary/aromatic N) is 1. The standard InChI is InChI=1S/C15H23FN2O2S/c1-4-15(5-2)6-7-18(10-15)21(19,20)13-9-12(17)8-11(3)14(13)16/h8-9H,4-7,10,17H2,1-3H3. The van der Waals surface area contributed by atoms with E-state index in [-0.39, 0.29) is 21.6 Å². The molecular weight excluding hydrogens is 291 g/mol. The molecule has 0 aromatic heterocycles. The highest BCUT2D eigenvalue weighted by atomic mass is 32.2. The Morgan fingerprint density at radius 1 is 1.33 bits per heavy atom. The van der Waals surface area contributed by atoms with E-state index in [1.165, 1.54) is 23.4 Å². The molecule has 1 aliphatic heterocycles. The molecule has 118 valence electrons. The molecule has 0 spiro atoms. The second kappa shape index (κ2) is 5.57.